The van der Waals surface area contributed by atoms with Crippen LogP contribution in [0, 0.1) is 6.92 Å². The Morgan fingerprint density at radius 3 is 2.47 bits per heavy atom. The highest BCUT2D eigenvalue weighted by molar-refractivity contribution is 6.35. The molecule has 1 heterocycles. The van der Waals surface area contributed by atoms with Crippen molar-refractivity contribution in [3.63, 3.8) is 0 Å². The molecule has 0 unspecified atom stereocenters. The van der Waals surface area contributed by atoms with E-state index in [9.17, 15) is 4.79 Å². The van der Waals surface area contributed by atoms with Crippen molar-refractivity contribution < 1.29 is 9.53 Å². The molecule has 0 saturated carbocycles. The van der Waals surface area contributed by atoms with Crippen LogP contribution in [0.15, 0.2) is 60.7 Å². The Morgan fingerprint density at radius 1 is 1.00 bits per heavy atom. The van der Waals surface area contributed by atoms with E-state index in [1.807, 2.05) is 37.3 Å². The lowest BCUT2D eigenvalue weighted by Gasteiger charge is -2.15. The summed E-state index contributed by atoms with van der Waals surface area (Å²) in [5.74, 6) is 0.0755. The van der Waals surface area contributed by atoms with E-state index in [0.29, 0.717) is 27.0 Å². The normalized spacial score (nSPS) is 12.0. The fourth-order valence-corrected chi connectivity index (χ4v) is 3.30. The third-order valence-corrected chi connectivity index (χ3v) is 5.01. The Kier molecular flexibility index (Phi) is 5.61. The molecule has 0 aliphatic carbocycles. The number of benzene rings is 3. The van der Waals surface area contributed by atoms with Gasteiger partial charge in [-0.15, -0.1) is 10.2 Å². The van der Waals surface area contributed by atoms with Gasteiger partial charge >= 0.3 is 0 Å². The number of halogens is 2. The van der Waals surface area contributed by atoms with Gasteiger partial charge in [-0.3, -0.25) is 4.79 Å². The van der Waals surface area contributed by atoms with Gasteiger partial charge in [0.05, 0.1) is 10.7 Å². The van der Waals surface area contributed by atoms with Crippen molar-refractivity contribution in [2.45, 2.75) is 20.0 Å². The number of ether oxygens (including phenoxy) is 1. The van der Waals surface area contributed by atoms with E-state index in [0.717, 1.165) is 16.8 Å². The Labute approximate surface area is 183 Å². The maximum Gasteiger partial charge on any atom is 0.265 e. The number of aryl methyl sites for hydroxylation is 1. The fourth-order valence-electron chi connectivity index (χ4n) is 2.84. The van der Waals surface area contributed by atoms with E-state index < -0.39 is 6.10 Å². The van der Waals surface area contributed by atoms with Crippen molar-refractivity contribution in [2.75, 3.05) is 5.32 Å². The topological polar surface area (TPSA) is 69.0 Å². The molecule has 3 aromatic carbocycles. The lowest BCUT2D eigenvalue weighted by molar-refractivity contribution is -0.122. The van der Waals surface area contributed by atoms with Gasteiger partial charge in [-0.25, -0.2) is 0 Å². The molecule has 0 fully saturated rings. The molecule has 1 aromatic heterocycles. The number of anilines is 1. The molecular weight excluding hydrogens is 423 g/mol. The largest absolute Gasteiger partial charge is 0.479 e. The van der Waals surface area contributed by atoms with Crippen LogP contribution < -0.4 is 10.1 Å². The Balaban J connectivity index is 1.49. The molecule has 6 nitrogen and oxygen atoms in total. The SMILES string of the molecule is Cc1ccc(-n2nc3ccc(NC(=O)[C@@H](C)Oc4ccc(Cl)cc4Cl)cc3n2)cc1. The number of aromatic nitrogens is 3. The van der Waals surface area contributed by atoms with Crippen molar-refractivity contribution in [1.82, 2.24) is 15.0 Å². The van der Waals surface area contributed by atoms with Crippen molar-refractivity contribution in [3.8, 4) is 11.4 Å². The number of amides is 1. The zero-order valence-electron chi connectivity index (χ0n) is 16.3. The van der Waals surface area contributed by atoms with Crippen LogP contribution >= 0.6 is 23.2 Å². The second kappa shape index (κ2) is 8.34. The fraction of sp³-hybridized carbons (Fsp3) is 0.136. The molecule has 0 bridgehead atoms. The van der Waals surface area contributed by atoms with Crippen LogP contribution in [-0.4, -0.2) is 27.0 Å². The molecule has 4 aromatic rings. The van der Waals surface area contributed by atoms with Crippen LogP contribution in [0.25, 0.3) is 16.7 Å². The second-order valence-corrected chi connectivity index (χ2v) is 7.70. The summed E-state index contributed by atoms with van der Waals surface area (Å²) < 4.78 is 5.66. The maximum atomic E-state index is 12.5. The van der Waals surface area contributed by atoms with Crippen LogP contribution in [0.1, 0.15) is 12.5 Å². The van der Waals surface area contributed by atoms with E-state index in [1.54, 1.807) is 42.1 Å². The average Bonchev–Trinajstić information content (AvgIpc) is 3.14. The van der Waals surface area contributed by atoms with Crippen molar-refractivity contribution >= 4 is 45.8 Å². The second-order valence-electron chi connectivity index (χ2n) is 6.85. The number of hydrogen-bond acceptors (Lipinski definition) is 4. The Hall–Kier alpha value is -3.09. The van der Waals surface area contributed by atoms with Crippen LogP contribution in [-0.2, 0) is 4.79 Å². The van der Waals surface area contributed by atoms with Gasteiger partial charge in [-0.2, -0.15) is 4.80 Å². The summed E-state index contributed by atoms with van der Waals surface area (Å²) in [6, 6.07) is 18.1. The standard InChI is InChI=1S/C22H18Cl2N4O2/c1-13-3-7-17(8-4-13)28-26-19-9-6-16(12-20(19)27-28)25-22(29)14(2)30-21-10-5-15(23)11-18(21)24/h3-12,14H,1-2H3,(H,25,29)/t14-/m1/s1. The van der Waals surface area contributed by atoms with Gasteiger partial charge in [0.25, 0.3) is 5.91 Å². The summed E-state index contributed by atoms with van der Waals surface area (Å²) in [4.78, 5) is 14.1. The van der Waals surface area contributed by atoms with Gasteiger partial charge in [0, 0.05) is 10.7 Å². The van der Waals surface area contributed by atoms with Gasteiger partial charge in [0.1, 0.15) is 16.8 Å². The molecule has 0 spiro atoms. The quantitative estimate of drug-likeness (QED) is 0.448. The average molecular weight is 441 g/mol. The first kappa shape index (κ1) is 20.2. The molecule has 30 heavy (non-hydrogen) atoms. The molecular formula is C22H18Cl2N4O2. The maximum absolute atomic E-state index is 12.5. The summed E-state index contributed by atoms with van der Waals surface area (Å²) in [6.45, 7) is 3.67. The third-order valence-electron chi connectivity index (χ3n) is 4.48. The van der Waals surface area contributed by atoms with Gasteiger partial charge in [-0.1, -0.05) is 40.9 Å². The van der Waals surface area contributed by atoms with Crippen LogP contribution in [0.3, 0.4) is 0 Å². The summed E-state index contributed by atoms with van der Waals surface area (Å²) in [7, 11) is 0. The smallest absolute Gasteiger partial charge is 0.265 e. The van der Waals surface area contributed by atoms with Gasteiger partial charge in [0.15, 0.2) is 6.10 Å². The van der Waals surface area contributed by atoms with Crippen molar-refractivity contribution in [3.05, 3.63) is 76.3 Å². The molecule has 0 radical (unpaired) electrons. The number of rotatable bonds is 5. The van der Waals surface area contributed by atoms with E-state index in [4.69, 9.17) is 27.9 Å². The zero-order chi connectivity index (χ0) is 21.3. The highest BCUT2D eigenvalue weighted by Gasteiger charge is 2.17. The highest BCUT2D eigenvalue weighted by Crippen LogP contribution is 2.28. The first-order chi connectivity index (χ1) is 14.4. The summed E-state index contributed by atoms with van der Waals surface area (Å²) in [6.07, 6.45) is -0.761. The molecule has 0 aliphatic heterocycles. The molecule has 0 aliphatic rings. The molecule has 0 saturated heterocycles. The van der Waals surface area contributed by atoms with Crippen LogP contribution in [0.5, 0.6) is 5.75 Å². The number of carbonyl (C=O) groups excluding carboxylic acids is 1. The predicted octanol–water partition coefficient (Wildman–Crippen LogP) is 5.44. The lowest BCUT2D eigenvalue weighted by Crippen LogP contribution is -2.30. The summed E-state index contributed by atoms with van der Waals surface area (Å²) >= 11 is 12.0. The van der Waals surface area contributed by atoms with Crippen molar-refractivity contribution in [2.24, 2.45) is 0 Å². The number of hydrogen-bond donors (Lipinski definition) is 1. The Morgan fingerprint density at radius 2 is 1.73 bits per heavy atom. The third kappa shape index (κ3) is 4.40. The van der Waals surface area contributed by atoms with Crippen LogP contribution in [0.2, 0.25) is 10.0 Å². The van der Waals surface area contributed by atoms with E-state index >= 15 is 0 Å². The molecule has 4 rings (SSSR count). The molecule has 8 heteroatoms. The number of nitrogens with one attached hydrogen (secondary N) is 1. The first-order valence-electron chi connectivity index (χ1n) is 9.26. The predicted molar refractivity (Wildman–Crippen MR) is 119 cm³/mol. The van der Waals surface area contributed by atoms with Crippen LogP contribution in [0.4, 0.5) is 5.69 Å². The van der Waals surface area contributed by atoms with Gasteiger partial charge in [-0.05, 0) is 62.4 Å². The number of fused-ring (bicyclic) bond motifs is 1. The van der Waals surface area contributed by atoms with Crippen molar-refractivity contribution in [1.29, 1.82) is 0 Å². The monoisotopic (exact) mass is 440 g/mol. The van der Waals surface area contributed by atoms with E-state index in [1.165, 1.54) is 0 Å². The number of carbonyl (C=O) groups is 1. The molecule has 1 N–H and O–H groups in total. The Bertz CT molecular complexity index is 1220. The zero-order valence-corrected chi connectivity index (χ0v) is 17.8. The summed E-state index contributed by atoms with van der Waals surface area (Å²) in [5, 5.41) is 12.7. The molecule has 152 valence electrons. The lowest BCUT2D eigenvalue weighted by atomic mass is 10.2. The van der Waals surface area contributed by atoms with E-state index in [-0.39, 0.29) is 5.91 Å². The van der Waals surface area contributed by atoms with E-state index in [2.05, 4.69) is 15.5 Å². The summed E-state index contributed by atoms with van der Waals surface area (Å²) in [5.41, 5.74) is 4.02. The minimum absolute atomic E-state index is 0.314. The molecule has 1 atom stereocenters. The van der Waals surface area contributed by atoms with Gasteiger partial charge in [0.2, 0.25) is 0 Å². The highest BCUT2D eigenvalue weighted by atomic mass is 35.5. The molecule has 1 amide bonds. The number of nitrogens with zero attached hydrogens (tertiary/aromatic N) is 3. The first-order valence-corrected chi connectivity index (χ1v) is 10.0. The minimum Gasteiger partial charge on any atom is -0.479 e. The minimum atomic E-state index is -0.761. The van der Waals surface area contributed by atoms with Gasteiger partial charge < -0.3 is 10.1 Å².